The number of para-hydroxylation sites is 1. The van der Waals surface area contributed by atoms with E-state index < -0.39 is 32.0 Å². The zero-order chi connectivity index (χ0) is 29.7. The molecule has 11 heteroatoms. The Hall–Kier alpha value is -3.46. The van der Waals surface area contributed by atoms with Crippen LogP contribution in [0.5, 0.6) is 5.75 Å². The number of ether oxygens (including phenoxy) is 1. The van der Waals surface area contributed by atoms with Crippen LogP contribution in [0.4, 0.5) is 4.79 Å². The number of hydroxylamine groups is 1. The zero-order valence-corrected chi connectivity index (χ0v) is 25.8. The SMILES string of the molecule is Cc1cc(COc2ccc(C(=O)[AsH]C3(CC(=O)NO)CCN(C[C@H]4CCCN4C(=O)O)CC3)cc2)c2ccccc2n1. The fourth-order valence-corrected chi connectivity index (χ4v) is 9.30. The van der Waals surface area contributed by atoms with E-state index >= 15 is 0 Å². The number of likely N-dealkylation sites (tertiary alicyclic amines) is 2. The predicted molar refractivity (Wildman–Crippen MR) is 159 cm³/mol. The molecule has 0 radical (unpaired) electrons. The molecule has 2 fully saturated rings. The van der Waals surface area contributed by atoms with Crippen molar-refractivity contribution in [3.63, 3.8) is 0 Å². The van der Waals surface area contributed by atoms with Crippen molar-refractivity contribution in [1.29, 1.82) is 0 Å². The summed E-state index contributed by atoms with van der Waals surface area (Å²) < 4.78 is 5.66. The summed E-state index contributed by atoms with van der Waals surface area (Å²) >= 11 is -1.26. The average molecular weight is 637 g/mol. The normalized spacial score (nSPS) is 18.9. The van der Waals surface area contributed by atoms with Crippen molar-refractivity contribution in [3.8, 4) is 5.75 Å². The van der Waals surface area contributed by atoms with E-state index in [1.807, 2.05) is 37.3 Å². The number of aromatic nitrogens is 1. The Balaban J connectivity index is 1.21. The quantitative estimate of drug-likeness (QED) is 0.173. The van der Waals surface area contributed by atoms with Gasteiger partial charge >= 0.3 is 252 Å². The molecule has 0 spiro atoms. The first-order chi connectivity index (χ1) is 20.2. The van der Waals surface area contributed by atoms with Crippen LogP contribution in [0.1, 0.15) is 53.7 Å². The first kappa shape index (κ1) is 30.0. The van der Waals surface area contributed by atoms with E-state index in [0.29, 0.717) is 56.9 Å². The molecule has 5 rings (SSSR count). The van der Waals surface area contributed by atoms with E-state index in [1.165, 1.54) is 4.90 Å². The molecular formula is C31H37AsN4O6. The molecule has 1 aromatic heterocycles. The van der Waals surface area contributed by atoms with Gasteiger partial charge in [0.1, 0.15) is 0 Å². The fraction of sp³-hybridized carbons (Fsp3) is 0.419. The number of hydrogen-bond acceptors (Lipinski definition) is 7. The average Bonchev–Trinajstić information content (AvgIpc) is 3.46. The van der Waals surface area contributed by atoms with Crippen LogP contribution in [-0.2, 0) is 11.4 Å². The van der Waals surface area contributed by atoms with Crippen molar-refractivity contribution in [2.24, 2.45) is 0 Å². The maximum atomic E-state index is 13.5. The number of nitrogens with one attached hydrogen (secondary N) is 1. The van der Waals surface area contributed by atoms with Crippen molar-refractivity contribution in [3.05, 3.63) is 71.4 Å². The minimum absolute atomic E-state index is 0.0181. The second-order valence-electron chi connectivity index (χ2n) is 11.3. The van der Waals surface area contributed by atoms with Gasteiger partial charge in [0.25, 0.3) is 0 Å². The van der Waals surface area contributed by atoms with Crippen molar-refractivity contribution in [2.75, 3.05) is 26.2 Å². The third-order valence-corrected chi connectivity index (χ3v) is 12.0. The Bertz CT molecular complexity index is 1440. The number of pyridine rings is 1. The molecular weight excluding hydrogens is 599 g/mol. The number of aryl methyl sites for hydroxylation is 1. The molecule has 2 aliphatic heterocycles. The Kier molecular flexibility index (Phi) is 9.46. The van der Waals surface area contributed by atoms with Crippen LogP contribution in [0.15, 0.2) is 54.6 Å². The summed E-state index contributed by atoms with van der Waals surface area (Å²) in [4.78, 5) is 45.6. The fourth-order valence-electron chi connectivity index (χ4n) is 6.12. The third-order valence-electron chi connectivity index (χ3n) is 8.35. The van der Waals surface area contributed by atoms with Crippen molar-refractivity contribution < 1.29 is 29.4 Å². The van der Waals surface area contributed by atoms with Crippen LogP contribution in [0.25, 0.3) is 10.9 Å². The molecule has 42 heavy (non-hydrogen) atoms. The number of nitrogens with zero attached hydrogens (tertiary/aromatic N) is 3. The van der Waals surface area contributed by atoms with E-state index in [9.17, 15) is 24.7 Å². The molecule has 1 unspecified atom stereocenters. The molecule has 0 bridgehead atoms. The van der Waals surface area contributed by atoms with E-state index in [2.05, 4.69) is 9.88 Å². The molecule has 222 valence electrons. The molecule has 2 amide bonds. The van der Waals surface area contributed by atoms with Gasteiger partial charge in [-0.3, -0.25) is 0 Å². The van der Waals surface area contributed by atoms with Gasteiger partial charge < -0.3 is 0 Å². The Morgan fingerprint density at radius 2 is 1.83 bits per heavy atom. The van der Waals surface area contributed by atoms with Gasteiger partial charge in [0.2, 0.25) is 0 Å². The molecule has 3 aromatic rings. The van der Waals surface area contributed by atoms with Gasteiger partial charge in [-0.05, 0) is 0 Å². The molecule has 2 atom stereocenters. The molecule has 0 aliphatic carbocycles. The Morgan fingerprint density at radius 3 is 2.55 bits per heavy atom. The molecule has 3 heterocycles. The van der Waals surface area contributed by atoms with Crippen LogP contribution < -0.4 is 10.2 Å². The van der Waals surface area contributed by atoms with Gasteiger partial charge in [0.05, 0.1) is 0 Å². The monoisotopic (exact) mass is 636 g/mol. The summed E-state index contributed by atoms with van der Waals surface area (Å²) in [6, 6.07) is 17.1. The van der Waals surface area contributed by atoms with Crippen molar-refractivity contribution >= 4 is 43.2 Å². The van der Waals surface area contributed by atoms with Gasteiger partial charge in [-0.15, -0.1) is 0 Å². The Morgan fingerprint density at radius 1 is 1.10 bits per heavy atom. The minimum atomic E-state index is -1.26. The van der Waals surface area contributed by atoms with Crippen LogP contribution in [0, 0.1) is 6.92 Å². The number of amides is 2. The van der Waals surface area contributed by atoms with Gasteiger partial charge in [0, 0.05) is 0 Å². The summed E-state index contributed by atoms with van der Waals surface area (Å²) in [6.07, 6.45) is 2.27. The van der Waals surface area contributed by atoms with Crippen molar-refractivity contribution in [1.82, 2.24) is 20.3 Å². The van der Waals surface area contributed by atoms with Crippen LogP contribution in [0.3, 0.4) is 0 Å². The number of hydrogen-bond donors (Lipinski definition) is 3. The van der Waals surface area contributed by atoms with Gasteiger partial charge in [-0.2, -0.15) is 0 Å². The van der Waals surface area contributed by atoms with Crippen LogP contribution in [-0.4, -0.2) is 89.6 Å². The number of carbonyl (C=O) groups is 3. The van der Waals surface area contributed by atoms with E-state index in [1.54, 1.807) is 29.7 Å². The number of fused-ring (bicyclic) bond motifs is 1. The molecule has 10 nitrogen and oxygen atoms in total. The second-order valence-corrected chi connectivity index (χ2v) is 15.0. The summed E-state index contributed by atoms with van der Waals surface area (Å²) in [7, 11) is 0. The number of carboxylic acid groups (broad SMARTS) is 1. The molecule has 3 N–H and O–H groups in total. The summed E-state index contributed by atoms with van der Waals surface area (Å²) in [5.41, 5.74) is 5.25. The summed E-state index contributed by atoms with van der Waals surface area (Å²) in [5.74, 6) is 0.186. The van der Waals surface area contributed by atoms with E-state index in [0.717, 1.165) is 35.0 Å². The second kappa shape index (κ2) is 13.2. The van der Waals surface area contributed by atoms with Gasteiger partial charge in [-0.1, -0.05) is 0 Å². The number of rotatable bonds is 10. The van der Waals surface area contributed by atoms with E-state index in [-0.39, 0.29) is 17.0 Å². The standard InChI is InChI=1S/C31H37AsN4O6/c1-21-17-23(26-6-2-3-7-27(26)33-21)20-42-25-10-8-22(9-11-25)29(38)32-31(18-28(37)34-41)12-15-35(16-13-31)19-24-5-4-14-36(24)30(39)40/h2-3,6-11,17,24,32,41H,4-5,12-16,18-20H2,1H3,(H,34,37)(H,39,40)/t24-/m1/s1. The number of piperidine rings is 1. The van der Waals surface area contributed by atoms with Crippen LogP contribution in [0.2, 0.25) is 4.20 Å². The number of benzene rings is 2. The molecule has 2 aromatic carbocycles. The number of carbonyl (C=O) groups excluding carboxylic acids is 2. The topological polar surface area (TPSA) is 132 Å². The summed E-state index contributed by atoms with van der Waals surface area (Å²) in [5, 5.41) is 19.8. The Labute approximate surface area is 251 Å². The maximum absolute atomic E-state index is 13.5. The first-order valence-electron chi connectivity index (χ1n) is 14.3. The molecule has 0 saturated carbocycles. The van der Waals surface area contributed by atoms with Gasteiger partial charge in [0.15, 0.2) is 0 Å². The zero-order valence-electron chi connectivity index (χ0n) is 23.7. The molecule has 2 saturated heterocycles. The third kappa shape index (κ3) is 7.11. The predicted octanol–water partition coefficient (Wildman–Crippen LogP) is 3.99. The summed E-state index contributed by atoms with van der Waals surface area (Å²) in [6.45, 7) is 4.96. The van der Waals surface area contributed by atoms with Crippen LogP contribution >= 0.6 is 0 Å². The van der Waals surface area contributed by atoms with E-state index in [4.69, 9.17) is 4.74 Å². The van der Waals surface area contributed by atoms with Gasteiger partial charge in [-0.25, -0.2) is 0 Å². The van der Waals surface area contributed by atoms with Crippen molar-refractivity contribution in [2.45, 2.75) is 55.9 Å². The molecule has 2 aliphatic rings. The first-order valence-corrected chi connectivity index (χ1v) is 16.4.